The number of piperazine rings is 1. The maximum absolute atomic E-state index is 12.3. The molecule has 0 bridgehead atoms. The van der Waals surface area contributed by atoms with Crippen LogP contribution in [0.5, 0.6) is 0 Å². The van der Waals surface area contributed by atoms with E-state index in [0.717, 1.165) is 0 Å². The fourth-order valence-electron chi connectivity index (χ4n) is 3.54. The van der Waals surface area contributed by atoms with E-state index in [1.807, 2.05) is 0 Å². The number of hydrogen-bond donors (Lipinski definition) is 1. The summed E-state index contributed by atoms with van der Waals surface area (Å²) >= 11 is 5.80. The first-order valence-electron chi connectivity index (χ1n) is 9.10. The van der Waals surface area contributed by atoms with Gasteiger partial charge in [-0.15, -0.1) is 0 Å². The van der Waals surface area contributed by atoms with E-state index in [1.54, 1.807) is 29.2 Å². The molecule has 2 saturated heterocycles. The molecule has 2 amide bonds. The van der Waals surface area contributed by atoms with Crippen molar-refractivity contribution in [3.05, 3.63) is 34.9 Å². The summed E-state index contributed by atoms with van der Waals surface area (Å²) in [5.74, 6) is 0.277. The average molecular weight is 414 g/mol. The molecule has 2 aliphatic rings. The zero-order chi connectivity index (χ0) is 19.4. The van der Waals surface area contributed by atoms with Crippen LogP contribution in [-0.4, -0.2) is 80.3 Å². The van der Waals surface area contributed by atoms with E-state index in [1.165, 1.54) is 0 Å². The predicted octanol–water partition coefficient (Wildman–Crippen LogP) is 0.791. The summed E-state index contributed by atoms with van der Waals surface area (Å²) in [5, 5.41) is 3.31. The van der Waals surface area contributed by atoms with Crippen LogP contribution in [0.1, 0.15) is 23.2 Å². The van der Waals surface area contributed by atoms with Crippen LogP contribution in [0.3, 0.4) is 0 Å². The van der Waals surface area contributed by atoms with Crippen molar-refractivity contribution in [3.8, 4) is 0 Å². The number of rotatable bonds is 5. The molecule has 1 aromatic rings. The standard InChI is InChI=1S/C18H24ClN3O4S/c19-15-3-1-14(2-4-15)18(24)20-7-5-17(23)22-10-8-21(9-11-22)16-6-12-27(25,26)13-16/h1-4,16H,5-13H2,(H,20,24)/t16-/m0/s1. The Kier molecular flexibility index (Phi) is 6.39. The van der Waals surface area contributed by atoms with Crippen LogP contribution in [0, 0.1) is 0 Å². The molecule has 0 spiro atoms. The molecule has 7 nitrogen and oxygen atoms in total. The third-order valence-corrected chi connectivity index (χ3v) is 7.12. The molecule has 2 fully saturated rings. The van der Waals surface area contributed by atoms with Crippen LogP contribution in [-0.2, 0) is 14.6 Å². The minimum absolute atomic E-state index is 0.00472. The van der Waals surface area contributed by atoms with Gasteiger partial charge in [-0.25, -0.2) is 8.42 Å². The van der Waals surface area contributed by atoms with E-state index in [9.17, 15) is 18.0 Å². The quantitative estimate of drug-likeness (QED) is 0.771. The second kappa shape index (κ2) is 8.58. The van der Waals surface area contributed by atoms with Crippen molar-refractivity contribution in [2.75, 3.05) is 44.2 Å². The first-order valence-corrected chi connectivity index (χ1v) is 11.3. The van der Waals surface area contributed by atoms with Gasteiger partial charge >= 0.3 is 0 Å². The second-order valence-electron chi connectivity index (χ2n) is 6.99. The highest BCUT2D eigenvalue weighted by molar-refractivity contribution is 7.91. The molecule has 2 heterocycles. The molecule has 27 heavy (non-hydrogen) atoms. The number of hydrogen-bond acceptors (Lipinski definition) is 5. The van der Waals surface area contributed by atoms with Gasteiger partial charge in [-0.3, -0.25) is 14.5 Å². The van der Waals surface area contributed by atoms with Crippen LogP contribution >= 0.6 is 11.6 Å². The van der Waals surface area contributed by atoms with Gasteiger partial charge in [0.25, 0.3) is 5.91 Å². The Bertz CT molecular complexity index is 789. The third kappa shape index (κ3) is 5.43. The summed E-state index contributed by atoms with van der Waals surface area (Å²) in [5.41, 5.74) is 0.506. The minimum Gasteiger partial charge on any atom is -0.352 e. The molecule has 1 aromatic carbocycles. The van der Waals surface area contributed by atoms with Gasteiger partial charge in [-0.05, 0) is 30.7 Å². The van der Waals surface area contributed by atoms with E-state index in [4.69, 9.17) is 11.6 Å². The lowest BCUT2D eigenvalue weighted by atomic mass is 10.2. The maximum atomic E-state index is 12.3. The van der Waals surface area contributed by atoms with Crippen LogP contribution in [0.2, 0.25) is 5.02 Å². The minimum atomic E-state index is -2.89. The molecule has 9 heteroatoms. The lowest BCUT2D eigenvalue weighted by molar-refractivity contribution is -0.133. The molecule has 148 valence electrons. The van der Waals surface area contributed by atoms with E-state index in [-0.39, 0.29) is 42.3 Å². The smallest absolute Gasteiger partial charge is 0.251 e. The highest BCUT2D eigenvalue weighted by Crippen LogP contribution is 2.19. The Labute approximate surface area is 164 Å². The molecule has 1 atom stereocenters. The van der Waals surface area contributed by atoms with Crippen LogP contribution in [0.25, 0.3) is 0 Å². The van der Waals surface area contributed by atoms with Crippen molar-refractivity contribution in [2.45, 2.75) is 18.9 Å². The van der Waals surface area contributed by atoms with Crippen molar-refractivity contribution >= 4 is 33.3 Å². The fourth-order valence-corrected chi connectivity index (χ4v) is 5.43. The first-order chi connectivity index (χ1) is 12.8. The maximum Gasteiger partial charge on any atom is 0.251 e. The molecule has 0 aliphatic carbocycles. The number of halogens is 1. The molecule has 0 unspecified atom stereocenters. The molecule has 0 saturated carbocycles. The van der Waals surface area contributed by atoms with Crippen molar-refractivity contribution in [1.82, 2.24) is 15.1 Å². The van der Waals surface area contributed by atoms with Gasteiger partial charge < -0.3 is 10.2 Å². The Morgan fingerprint density at radius 2 is 1.78 bits per heavy atom. The summed E-state index contributed by atoms with van der Waals surface area (Å²) < 4.78 is 23.2. The number of benzene rings is 1. The second-order valence-corrected chi connectivity index (χ2v) is 9.65. The molecule has 3 rings (SSSR count). The molecular formula is C18H24ClN3O4S. The van der Waals surface area contributed by atoms with Gasteiger partial charge in [0.15, 0.2) is 9.84 Å². The Balaban J connectivity index is 1.38. The molecule has 1 N–H and O–H groups in total. The number of amides is 2. The largest absolute Gasteiger partial charge is 0.352 e. The molecule has 0 aromatic heterocycles. The third-order valence-electron chi connectivity index (χ3n) is 5.12. The normalized spacial score (nSPS) is 22.6. The Hall–Kier alpha value is -1.64. The van der Waals surface area contributed by atoms with Gasteiger partial charge in [0.1, 0.15) is 0 Å². The molecule has 0 radical (unpaired) electrons. The summed E-state index contributed by atoms with van der Waals surface area (Å²) in [6.45, 7) is 2.87. The van der Waals surface area contributed by atoms with Crippen molar-refractivity contribution in [2.24, 2.45) is 0 Å². The van der Waals surface area contributed by atoms with E-state index >= 15 is 0 Å². The van der Waals surface area contributed by atoms with Gasteiger partial charge in [0, 0.05) is 55.8 Å². The van der Waals surface area contributed by atoms with Crippen LogP contribution in [0.4, 0.5) is 0 Å². The van der Waals surface area contributed by atoms with Gasteiger partial charge in [0.2, 0.25) is 5.91 Å². The lowest BCUT2D eigenvalue weighted by Crippen LogP contribution is -2.52. The van der Waals surface area contributed by atoms with Crippen LogP contribution < -0.4 is 5.32 Å². The van der Waals surface area contributed by atoms with Crippen LogP contribution in [0.15, 0.2) is 24.3 Å². The summed E-state index contributed by atoms with van der Waals surface area (Å²) in [7, 11) is -2.89. The SMILES string of the molecule is O=C(NCCC(=O)N1CCN([C@H]2CCS(=O)(=O)C2)CC1)c1ccc(Cl)cc1. The zero-order valence-electron chi connectivity index (χ0n) is 15.1. The number of sulfone groups is 1. The topological polar surface area (TPSA) is 86.8 Å². The number of nitrogens with zero attached hydrogens (tertiary/aromatic N) is 2. The van der Waals surface area contributed by atoms with Gasteiger partial charge in [0.05, 0.1) is 11.5 Å². The Morgan fingerprint density at radius 3 is 2.37 bits per heavy atom. The Morgan fingerprint density at radius 1 is 1.11 bits per heavy atom. The van der Waals surface area contributed by atoms with Crippen molar-refractivity contribution < 1.29 is 18.0 Å². The molecular weight excluding hydrogens is 390 g/mol. The lowest BCUT2D eigenvalue weighted by Gasteiger charge is -2.37. The summed E-state index contributed by atoms with van der Waals surface area (Å²) in [6, 6.07) is 6.67. The number of carbonyl (C=O) groups excluding carboxylic acids is 2. The highest BCUT2D eigenvalue weighted by Gasteiger charge is 2.34. The monoisotopic (exact) mass is 413 g/mol. The molecule has 2 aliphatic heterocycles. The first kappa shape index (κ1) is 20.1. The number of nitrogens with one attached hydrogen (secondary N) is 1. The fraction of sp³-hybridized carbons (Fsp3) is 0.556. The summed E-state index contributed by atoms with van der Waals surface area (Å²) in [6.07, 6.45) is 0.935. The van der Waals surface area contributed by atoms with Gasteiger partial charge in [-0.1, -0.05) is 11.6 Å². The van der Waals surface area contributed by atoms with E-state index < -0.39 is 9.84 Å². The van der Waals surface area contributed by atoms with Gasteiger partial charge in [-0.2, -0.15) is 0 Å². The van der Waals surface area contributed by atoms with Crippen molar-refractivity contribution in [3.63, 3.8) is 0 Å². The summed E-state index contributed by atoms with van der Waals surface area (Å²) in [4.78, 5) is 28.3. The van der Waals surface area contributed by atoms with E-state index in [2.05, 4.69) is 10.2 Å². The van der Waals surface area contributed by atoms with E-state index in [0.29, 0.717) is 43.2 Å². The zero-order valence-corrected chi connectivity index (χ0v) is 16.6. The van der Waals surface area contributed by atoms with Crippen molar-refractivity contribution in [1.29, 1.82) is 0 Å². The average Bonchev–Trinajstić information content (AvgIpc) is 3.02. The number of carbonyl (C=O) groups is 2. The highest BCUT2D eigenvalue weighted by atomic mass is 35.5. The predicted molar refractivity (Wildman–Crippen MR) is 104 cm³/mol.